The van der Waals surface area contributed by atoms with Gasteiger partial charge in [0.25, 0.3) is 12.3 Å². The Morgan fingerprint density at radius 1 is 1.10 bits per heavy atom. The lowest BCUT2D eigenvalue weighted by Crippen LogP contribution is -2.36. The van der Waals surface area contributed by atoms with Crippen molar-refractivity contribution in [3.63, 3.8) is 0 Å². The van der Waals surface area contributed by atoms with E-state index in [1.807, 2.05) is 0 Å². The fourth-order valence-corrected chi connectivity index (χ4v) is 6.84. The molecular formula is C35H30F6N8O2. The third-order valence-corrected chi connectivity index (χ3v) is 9.13. The van der Waals surface area contributed by atoms with E-state index in [9.17, 15) is 27.5 Å². The van der Waals surface area contributed by atoms with Crippen molar-refractivity contribution >= 4 is 17.5 Å². The van der Waals surface area contributed by atoms with Crippen LogP contribution in [0, 0.1) is 29.4 Å². The van der Waals surface area contributed by atoms with Crippen molar-refractivity contribution in [3.05, 3.63) is 94.2 Å². The van der Waals surface area contributed by atoms with Gasteiger partial charge < -0.3 is 16.2 Å². The van der Waals surface area contributed by atoms with E-state index in [1.165, 1.54) is 18.2 Å². The number of hydrogen-bond donors (Lipinski definition) is 3. The van der Waals surface area contributed by atoms with E-state index < -0.39 is 71.3 Å². The van der Waals surface area contributed by atoms with Gasteiger partial charge >= 0.3 is 0 Å². The minimum atomic E-state index is -3.47. The summed E-state index contributed by atoms with van der Waals surface area (Å²) in [4.78, 5) is 18.5. The van der Waals surface area contributed by atoms with Gasteiger partial charge in [0.15, 0.2) is 5.65 Å². The molecule has 264 valence electrons. The zero-order valence-electron chi connectivity index (χ0n) is 27.1. The van der Waals surface area contributed by atoms with Gasteiger partial charge in [0.05, 0.1) is 11.7 Å². The van der Waals surface area contributed by atoms with Crippen molar-refractivity contribution in [2.24, 2.45) is 5.92 Å². The second-order valence-corrected chi connectivity index (χ2v) is 13.3. The third kappa shape index (κ3) is 6.37. The topological polar surface area (TPSA) is 136 Å². The fraction of sp³-hybridized carbons (Fsp3) is 0.343. The smallest absolute Gasteiger partial charge is 0.293 e. The molecule has 0 bridgehead atoms. The van der Waals surface area contributed by atoms with Gasteiger partial charge in [-0.15, -0.1) is 10.2 Å². The first-order valence-electron chi connectivity index (χ1n) is 16.0. The van der Waals surface area contributed by atoms with Crippen LogP contribution in [-0.2, 0) is 23.7 Å². The maximum atomic E-state index is 15.5. The summed E-state index contributed by atoms with van der Waals surface area (Å²) in [6.45, 7) is 2.08. The van der Waals surface area contributed by atoms with Crippen molar-refractivity contribution in [1.82, 2.24) is 34.7 Å². The number of benzene rings is 1. The van der Waals surface area contributed by atoms with Gasteiger partial charge in [0.1, 0.15) is 40.9 Å². The number of pyridine rings is 2. The van der Waals surface area contributed by atoms with Gasteiger partial charge in [-0.25, -0.2) is 22.5 Å². The largest absolute Gasteiger partial charge is 0.378 e. The molecule has 1 saturated carbocycles. The Labute approximate surface area is 286 Å². The molecular weight excluding hydrogens is 678 g/mol. The molecule has 1 aromatic carbocycles. The number of carbonyl (C=O) groups excluding carboxylic acids is 1. The first-order chi connectivity index (χ1) is 24.1. The molecule has 10 nitrogen and oxygen atoms in total. The first-order valence-corrected chi connectivity index (χ1v) is 16.0. The van der Waals surface area contributed by atoms with Crippen LogP contribution in [0.5, 0.6) is 0 Å². The number of anilines is 1. The van der Waals surface area contributed by atoms with Crippen molar-refractivity contribution in [1.29, 1.82) is 0 Å². The zero-order chi connectivity index (χ0) is 36.4. The maximum Gasteiger partial charge on any atom is 0.293 e. The van der Waals surface area contributed by atoms with Crippen LogP contribution >= 0.6 is 0 Å². The number of nitrogens with one attached hydrogen (secondary N) is 1. The molecule has 16 heteroatoms. The summed E-state index contributed by atoms with van der Waals surface area (Å²) in [6.07, 6.45) is -1.31. The number of nitrogens with two attached hydrogens (primary N) is 1. The molecule has 7 rings (SSSR count). The van der Waals surface area contributed by atoms with Gasteiger partial charge in [0.2, 0.25) is 11.9 Å². The number of alkyl halides is 4. The Morgan fingerprint density at radius 2 is 1.84 bits per heavy atom. The van der Waals surface area contributed by atoms with Crippen LogP contribution in [0.1, 0.15) is 79.0 Å². The van der Waals surface area contributed by atoms with Gasteiger partial charge in [-0.3, -0.25) is 13.9 Å². The highest BCUT2D eigenvalue weighted by Gasteiger charge is 2.62. The van der Waals surface area contributed by atoms with E-state index in [0.29, 0.717) is 33.9 Å². The SMILES string of the molecule is CC(C)(O)C#Cc1ccc(-c2ccc3nnc(N)n3c2)c([C@H](Cc2cc(F)cc(F)c2)NC(=O)Cn2nc(C(F)F)c3c2C(F)(F)[C@@H]2CC[C@H]32)n1. The average molecular weight is 709 g/mol. The van der Waals surface area contributed by atoms with Crippen LogP contribution in [0.4, 0.5) is 32.3 Å². The lowest BCUT2D eigenvalue weighted by atomic mass is 9.73. The van der Waals surface area contributed by atoms with Crippen molar-refractivity contribution in [2.45, 2.75) is 69.6 Å². The monoisotopic (exact) mass is 708 g/mol. The second-order valence-electron chi connectivity index (χ2n) is 13.3. The number of aliphatic hydroxyl groups is 1. The molecule has 0 unspecified atom stereocenters. The van der Waals surface area contributed by atoms with E-state index >= 15 is 8.78 Å². The molecule has 4 N–H and O–H groups in total. The first kappa shape index (κ1) is 34.0. The molecule has 0 radical (unpaired) electrons. The lowest BCUT2D eigenvalue weighted by Gasteiger charge is -2.34. The second kappa shape index (κ2) is 12.4. The average Bonchev–Trinajstić information content (AvgIpc) is 3.62. The normalized spacial score (nSPS) is 18.2. The number of aromatic nitrogens is 6. The molecule has 4 aromatic heterocycles. The molecule has 0 aliphatic heterocycles. The highest BCUT2D eigenvalue weighted by atomic mass is 19.3. The summed E-state index contributed by atoms with van der Waals surface area (Å²) in [5, 5.41) is 24.5. The number of fused-ring (bicyclic) bond motifs is 4. The Kier molecular flexibility index (Phi) is 8.28. The van der Waals surface area contributed by atoms with Gasteiger partial charge in [-0.2, -0.15) is 13.9 Å². The van der Waals surface area contributed by atoms with Crippen LogP contribution in [-0.4, -0.2) is 46.0 Å². The van der Waals surface area contributed by atoms with E-state index in [2.05, 4.69) is 37.4 Å². The highest BCUT2D eigenvalue weighted by molar-refractivity contribution is 5.77. The number of hydrogen-bond acceptors (Lipinski definition) is 7. The minimum absolute atomic E-state index is 0.0780. The number of nitrogens with zero attached hydrogens (tertiary/aromatic N) is 6. The minimum Gasteiger partial charge on any atom is -0.378 e. The number of amides is 1. The van der Waals surface area contributed by atoms with E-state index in [-0.39, 0.29) is 41.3 Å². The van der Waals surface area contributed by atoms with Crippen molar-refractivity contribution in [3.8, 4) is 23.0 Å². The summed E-state index contributed by atoms with van der Waals surface area (Å²) in [5.41, 5.74) is 4.66. The summed E-state index contributed by atoms with van der Waals surface area (Å²) < 4.78 is 90.0. The molecule has 1 amide bonds. The molecule has 3 atom stereocenters. The van der Waals surface area contributed by atoms with Gasteiger partial charge in [-0.05, 0) is 86.9 Å². The molecule has 4 heterocycles. The number of nitrogen functional groups attached to an aromatic ring is 1. The van der Waals surface area contributed by atoms with Gasteiger partial charge in [-0.1, -0.05) is 5.92 Å². The van der Waals surface area contributed by atoms with Gasteiger partial charge in [0, 0.05) is 34.9 Å². The fourth-order valence-electron chi connectivity index (χ4n) is 6.84. The molecule has 0 spiro atoms. The van der Waals surface area contributed by atoms with E-state index in [0.717, 1.165) is 12.1 Å². The van der Waals surface area contributed by atoms with Crippen LogP contribution in [0.3, 0.4) is 0 Å². The summed E-state index contributed by atoms with van der Waals surface area (Å²) in [6, 6.07) is 8.13. The van der Waals surface area contributed by atoms with Crippen LogP contribution in [0.2, 0.25) is 0 Å². The summed E-state index contributed by atoms with van der Waals surface area (Å²) in [7, 11) is 0. The molecule has 51 heavy (non-hydrogen) atoms. The predicted octanol–water partition coefficient (Wildman–Crippen LogP) is 5.61. The molecule has 5 aromatic rings. The number of carbonyl (C=O) groups is 1. The predicted molar refractivity (Wildman–Crippen MR) is 171 cm³/mol. The van der Waals surface area contributed by atoms with Crippen molar-refractivity contribution < 1.29 is 36.2 Å². The highest BCUT2D eigenvalue weighted by Crippen LogP contribution is 2.63. The molecule has 2 aliphatic carbocycles. The van der Waals surface area contributed by atoms with E-state index in [4.69, 9.17) is 5.73 Å². The number of rotatable bonds is 8. The Balaban J connectivity index is 1.33. The van der Waals surface area contributed by atoms with Crippen LogP contribution in [0.15, 0.2) is 48.7 Å². The molecule has 0 saturated heterocycles. The summed E-state index contributed by atoms with van der Waals surface area (Å²) in [5.74, 6) is -2.55. The third-order valence-electron chi connectivity index (χ3n) is 9.13. The molecule has 2 aliphatic rings. The Morgan fingerprint density at radius 3 is 2.51 bits per heavy atom. The Hall–Kier alpha value is -5.43. The quantitative estimate of drug-likeness (QED) is 0.141. The zero-order valence-corrected chi connectivity index (χ0v) is 27.1. The molecule has 1 fully saturated rings. The standard InChI is InChI=1S/C35H30F6N8O2/c1-34(2,51)10-9-21-4-5-22(18-3-8-26-45-46-33(42)48(26)15-18)29(43-21)25(13-17-11-19(36)14-20(37)12-17)44-27(50)16-49-31-28(30(47-49)32(38)39)23-6-7-24(23)35(31,40)41/h3-5,8,11-12,14-15,23-25,32,51H,6-7,13,16H2,1-2H3,(H2,42,46)(H,44,50)/t23-,24+,25-/m0/s1. The van der Waals surface area contributed by atoms with Crippen LogP contribution in [0.25, 0.3) is 16.8 Å². The van der Waals surface area contributed by atoms with E-state index in [1.54, 1.807) is 30.5 Å². The number of halogens is 6. The van der Waals surface area contributed by atoms with Crippen LogP contribution < -0.4 is 11.1 Å². The summed E-state index contributed by atoms with van der Waals surface area (Å²) >= 11 is 0. The van der Waals surface area contributed by atoms with Crippen molar-refractivity contribution in [2.75, 3.05) is 5.73 Å². The lowest BCUT2D eigenvalue weighted by molar-refractivity contribution is -0.123. The maximum absolute atomic E-state index is 15.5. The Bertz CT molecular complexity index is 2230.